The molecule has 2 saturated carbocycles. The Morgan fingerprint density at radius 3 is 2.67 bits per heavy atom. The van der Waals surface area contributed by atoms with Gasteiger partial charge in [0.1, 0.15) is 6.61 Å². The van der Waals surface area contributed by atoms with Gasteiger partial charge in [0.2, 0.25) is 0 Å². The highest BCUT2D eigenvalue weighted by molar-refractivity contribution is 5.73. The van der Waals surface area contributed by atoms with Crippen LogP contribution in [0.1, 0.15) is 44.9 Å². The fourth-order valence-corrected chi connectivity index (χ4v) is 4.44. The molecule has 2 aliphatic carbocycles. The van der Waals surface area contributed by atoms with Gasteiger partial charge in [-0.1, -0.05) is 32.1 Å². The molecule has 3 aliphatic rings. The number of esters is 1. The highest BCUT2D eigenvalue weighted by Crippen LogP contribution is 2.44. The molecule has 0 amide bonds. The summed E-state index contributed by atoms with van der Waals surface area (Å²) in [6, 6.07) is 0. The van der Waals surface area contributed by atoms with Crippen molar-refractivity contribution < 1.29 is 14.3 Å². The van der Waals surface area contributed by atoms with Gasteiger partial charge in [-0.25, -0.2) is 0 Å². The number of hydrogen-bond donors (Lipinski definition) is 0. The minimum Gasteiger partial charge on any atom is -0.464 e. The standard InChI is InChI=1S/C17H29NO3/c19-17(21-13-10-18-8-11-20-12-9-18)16-7-3-5-14-4-1-2-6-15(14)16/h14-16H,1-13H2. The van der Waals surface area contributed by atoms with E-state index >= 15 is 0 Å². The number of carbonyl (C=O) groups excluding carboxylic acids is 1. The van der Waals surface area contributed by atoms with Gasteiger partial charge in [-0.15, -0.1) is 0 Å². The van der Waals surface area contributed by atoms with E-state index in [9.17, 15) is 4.79 Å². The Morgan fingerprint density at radius 2 is 1.81 bits per heavy atom. The number of rotatable bonds is 4. The first kappa shape index (κ1) is 15.3. The maximum Gasteiger partial charge on any atom is 0.309 e. The number of hydrogen-bond acceptors (Lipinski definition) is 4. The third-order valence-corrected chi connectivity index (χ3v) is 5.63. The van der Waals surface area contributed by atoms with E-state index in [-0.39, 0.29) is 11.9 Å². The van der Waals surface area contributed by atoms with Crippen molar-refractivity contribution in [2.75, 3.05) is 39.5 Å². The Morgan fingerprint density at radius 1 is 1.05 bits per heavy atom. The Bertz CT molecular complexity index is 339. The zero-order chi connectivity index (χ0) is 14.5. The minimum atomic E-state index is 0.0832. The van der Waals surface area contributed by atoms with Gasteiger partial charge >= 0.3 is 5.97 Å². The van der Waals surface area contributed by atoms with E-state index in [1.807, 2.05) is 0 Å². The van der Waals surface area contributed by atoms with Crippen molar-refractivity contribution in [1.82, 2.24) is 4.90 Å². The van der Waals surface area contributed by atoms with Crippen molar-refractivity contribution in [3.05, 3.63) is 0 Å². The van der Waals surface area contributed by atoms with Crippen LogP contribution in [0.3, 0.4) is 0 Å². The lowest BCUT2D eigenvalue weighted by Crippen LogP contribution is -2.40. The molecule has 3 unspecified atom stereocenters. The van der Waals surface area contributed by atoms with Crippen molar-refractivity contribution >= 4 is 5.97 Å². The molecule has 1 aliphatic heterocycles. The molecule has 21 heavy (non-hydrogen) atoms. The highest BCUT2D eigenvalue weighted by Gasteiger charge is 2.39. The predicted octanol–water partition coefficient (Wildman–Crippen LogP) is 2.47. The molecule has 3 atom stereocenters. The van der Waals surface area contributed by atoms with Crippen molar-refractivity contribution in [2.24, 2.45) is 17.8 Å². The Labute approximate surface area is 128 Å². The molecule has 4 nitrogen and oxygen atoms in total. The van der Waals surface area contributed by atoms with Gasteiger partial charge in [0, 0.05) is 19.6 Å². The molecule has 0 N–H and O–H groups in total. The summed E-state index contributed by atoms with van der Waals surface area (Å²) >= 11 is 0. The molecule has 0 radical (unpaired) electrons. The second kappa shape index (κ2) is 7.59. The van der Waals surface area contributed by atoms with Crippen LogP contribution < -0.4 is 0 Å². The average molecular weight is 295 g/mol. The van der Waals surface area contributed by atoms with Crippen LogP contribution in [0.25, 0.3) is 0 Å². The van der Waals surface area contributed by atoms with Crippen LogP contribution in [-0.2, 0) is 14.3 Å². The molecule has 3 fully saturated rings. The summed E-state index contributed by atoms with van der Waals surface area (Å²) in [6.45, 7) is 4.95. The van der Waals surface area contributed by atoms with Crippen LogP contribution in [-0.4, -0.2) is 50.3 Å². The second-order valence-corrected chi connectivity index (χ2v) is 6.87. The number of carbonyl (C=O) groups is 1. The molecule has 0 aromatic heterocycles. The van der Waals surface area contributed by atoms with Crippen molar-refractivity contribution in [1.29, 1.82) is 0 Å². The van der Waals surface area contributed by atoms with Crippen LogP contribution in [0.5, 0.6) is 0 Å². The smallest absolute Gasteiger partial charge is 0.309 e. The van der Waals surface area contributed by atoms with Crippen molar-refractivity contribution in [2.45, 2.75) is 44.9 Å². The summed E-state index contributed by atoms with van der Waals surface area (Å²) in [7, 11) is 0. The van der Waals surface area contributed by atoms with Crippen molar-refractivity contribution in [3.8, 4) is 0 Å². The molecule has 1 saturated heterocycles. The second-order valence-electron chi connectivity index (χ2n) is 6.87. The van der Waals surface area contributed by atoms with Gasteiger partial charge < -0.3 is 9.47 Å². The van der Waals surface area contributed by atoms with E-state index in [2.05, 4.69) is 4.90 Å². The molecular formula is C17H29NO3. The lowest BCUT2D eigenvalue weighted by atomic mass is 9.65. The molecule has 0 bridgehead atoms. The molecule has 4 heteroatoms. The fourth-order valence-electron chi connectivity index (χ4n) is 4.44. The topological polar surface area (TPSA) is 38.8 Å². The van der Waals surface area contributed by atoms with E-state index in [4.69, 9.17) is 9.47 Å². The lowest BCUT2D eigenvalue weighted by Gasteiger charge is -2.40. The summed E-state index contributed by atoms with van der Waals surface area (Å²) in [4.78, 5) is 14.7. The van der Waals surface area contributed by atoms with Crippen LogP contribution in [0.4, 0.5) is 0 Å². The van der Waals surface area contributed by atoms with Crippen LogP contribution in [0.2, 0.25) is 0 Å². The maximum absolute atomic E-state index is 12.4. The van der Waals surface area contributed by atoms with Gasteiger partial charge in [0.25, 0.3) is 0 Å². The zero-order valence-electron chi connectivity index (χ0n) is 13.1. The van der Waals surface area contributed by atoms with E-state index in [0.29, 0.717) is 12.5 Å². The molecular weight excluding hydrogens is 266 g/mol. The largest absolute Gasteiger partial charge is 0.464 e. The first-order valence-corrected chi connectivity index (χ1v) is 8.81. The highest BCUT2D eigenvalue weighted by atomic mass is 16.5. The molecule has 0 aromatic carbocycles. The Balaban J connectivity index is 1.43. The van der Waals surface area contributed by atoms with E-state index < -0.39 is 0 Å². The van der Waals surface area contributed by atoms with Gasteiger partial charge in [-0.05, 0) is 24.7 Å². The van der Waals surface area contributed by atoms with Gasteiger partial charge in [-0.2, -0.15) is 0 Å². The molecule has 1 heterocycles. The predicted molar refractivity (Wildman–Crippen MR) is 81.0 cm³/mol. The van der Waals surface area contributed by atoms with Crippen LogP contribution >= 0.6 is 0 Å². The first-order valence-electron chi connectivity index (χ1n) is 8.81. The molecule has 3 rings (SSSR count). The third kappa shape index (κ3) is 3.98. The number of nitrogens with zero attached hydrogens (tertiary/aromatic N) is 1. The molecule has 0 spiro atoms. The van der Waals surface area contributed by atoms with Gasteiger partial charge in [0.05, 0.1) is 19.1 Å². The normalized spacial score (nSPS) is 34.2. The molecule has 0 aromatic rings. The average Bonchev–Trinajstić information content (AvgIpc) is 2.55. The Hall–Kier alpha value is -0.610. The van der Waals surface area contributed by atoms with E-state index in [0.717, 1.165) is 45.2 Å². The summed E-state index contributed by atoms with van der Waals surface area (Å²) in [6.07, 6.45) is 8.85. The van der Waals surface area contributed by atoms with E-state index in [1.54, 1.807) is 0 Å². The zero-order valence-corrected chi connectivity index (χ0v) is 13.1. The molecule has 120 valence electrons. The quantitative estimate of drug-likeness (QED) is 0.747. The summed E-state index contributed by atoms with van der Waals surface area (Å²) < 4.78 is 10.9. The summed E-state index contributed by atoms with van der Waals surface area (Å²) in [5.74, 6) is 1.68. The van der Waals surface area contributed by atoms with E-state index in [1.165, 1.54) is 38.5 Å². The van der Waals surface area contributed by atoms with Crippen LogP contribution in [0, 0.1) is 17.8 Å². The monoisotopic (exact) mass is 295 g/mol. The fraction of sp³-hybridized carbons (Fsp3) is 0.941. The third-order valence-electron chi connectivity index (χ3n) is 5.63. The number of morpholine rings is 1. The lowest BCUT2D eigenvalue weighted by molar-refractivity contribution is -0.154. The first-order chi connectivity index (χ1) is 10.3. The number of ether oxygens (including phenoxy) is 2. The van der Waals surface area contributed by atoms with Gasteiger partial charge in [0.15, 0.2) is 0 Å². The van der Waals surface area contributed by atoms with Crippen molar-refractivity contribution in [3.63, 3.8) is 0 Å². The summed E-state index contributed by atoms with van der Waals surface area (Å²) in [5.41, 5.74) is 0. The van der Waals surface area contributed by atoms with Gasteiger partial charge in [-0.3, -0.25) is 9.69 Å². The Kier molecular flexibility index (Phi) is 5.53. The minimum absolute atomic E-state index is 0.0832. The number of fused-ring (bicyclic) bond motifs is 1. The van der Waals surface area contributed by atoms with Crippen LogP contribution in [0.15, 0.2) is 0 Å². The summed E-state index contributed by atoms with van der Waals surface area (Å²) in [5, 5.41) is 0. The maximum atomic E-state index is 12.4. The SMILES string of the molecule is O=C(OCCN1CCOCC1)C1CCCC2CCCCC21.